The van der Waals surface area contributed by atoms with E-state index in [1.54, 1.807) is 0 Å². The zero-order chi connectivity index (χ0) is 20.7. The number of methoxy groups -OCH3 is 1. The molecule has 0 aromatic heterocycles. The first kappa shape index (κ1) is 21.2. The summed E-state index contributed by atoms with van der Waals surface area (Å²) in [6, 6.07) is 11.3. The summed E-state index contributed by atoms with van der Waals surface area (Å²) >= 11 is 5.93. The molecule has 0 unspecified atom stereocenters. The molecule has 0 aliphatic heterocycles. The average Bonchev–Trinajstić information content (AvgIpc) is 2.68. The maximum Gasteiger partial charge on any atom is 0.342 e. The Bertz CT molecular complexity index is 870. The van der Waals surface area contributed by atoms with Crippen molar-refractivity contribution in [1.29, 1.82) is 0 Å². The lowest BCUT2D eigenvalue weighted by atomic mass is 10.0. The van der Waals surface area contributed by atoms with Crippen LogP contribution >= 0.6 is 11.6 Å². The molecule has 2 rings (SSSR count). The van der Waals surface area contributed by atoms with E-state index in [9.17, 15) is 14.4 Å². The van der Waals surface area contributed by atoms with E-state index in [4.69, 9.17) is 26.8 Å². The van der Waals surface area contributed by atoms with E-state index in [-0.39, 0.29) is 27.8 Å². The molecular weight excluding hydrogens is 384 g/mol. The summed E-state index contributed by atoms with van der Waals surface area (Å²) in [5.41, 5.74) is 6.87. The van der Waals surface area contributed by atoms with Crippen LogP contribution in [0.25, 0.3) is 0 Å². The second-order valence-corrected chi connectivity index (χ2v) is 6.48. The molecule has 1 amide bonds. The summed E-state index contributed by atoms with van der Waals surface area (Å²) in [5.74, 6) is -1.41. The summed E-state index contributed by atoms with van der Waals surface area (Å²) in [5, 5.41) is 2.74. The molecule has 2 aromatic rings. The number of amides is 1. The van der Waals surface area contributed by atoms with Crippen LogP contribution in [0.5, 0.6) is 5.75 Å². The van der Waals surface area contributed by atoms with Crippen LogP contribution < -0.4 is 15.8 Å². The van der Waals surface area contributed by atoms with Gasteiger partial charge in [-0.05, 0) is 25.0 Å². The molecule has 3 N–H and O–H groups in total. The molecule has 0 heterocycles. The second kappa shape index (κ2) is 9.75. The molecule has 0 bridgehead atoms. The first-order valence-electron chi connectivity index (χ1n) is 8.45. The minimum atomic E-state index is -0.795. The third-order valence-corrected chi connectivity index (χ3v) is 4.31. The molecule has 0 fully saturated rings. The SMILES string of the molecule is COc1cc(N)c(Cl)cc1C(=O)OCC(=O)N[C@@H](Cc1ccccc1)C(C)=O. The van der Waals surface area contributed by atoms with Gasteiger partial charge in [0.2, 0.25) is 0 Å². The number of hydrogen-bond acceptors (Lipinski definition) is 6. The monoisotopic (exact) mass is 404 g/mol. The standard InChI is InChI=1S/C20H21ClN2O5/c1-12(24)17(8-13-6-4-3-5-7-13)23-19(25)11-28-20(26)14-9-15(21)16(22)10-18(14)27-2/h3-7,9-10,17H,8,11,22H2,1-2H3,(H,23,25)/t17-/m0/s1. The molecule has 2 aromatic carbocycles. The first-order valence-corrected chi connectivity index (χ1v) is 8.83. The van der Waals surface area contributed by atoms with Gasteiger partial charge in [0, 0.05) is 6.07 Å². The normalized spacial score (nSPS) is 11.4. The minimum Gasteiger partial charge on any atom is -0.496 e. The fourth-order valence-corrected chi connectivity index (χ4v) is 2.65. The van der Waals surface area contributed by atoms with Gasteiger partial charge in [-0.1, -0.05) is 41.9 Å². The zero-order valence-corrected chi connectivity index (χ0v) is 16.3. The highest BCUT2D eigenvalue weighted by atomic mass is 35.5. The molecule has 8 heteroatoms. The first-order chi connectivity index (χ1) is 13.3. The molecule has 0 saturated heterocycles. The van der Waals surface area contributed by atoms with Crippen molar-refractivity contribution >= 4 is 34.9 Å². The van der Waals surface area contributed by atoms with Crippen LogP contribution in [0.15, 0.2) is 42.5 Å². The largest absolute Gasteiger partial charge is 0.496 e. The van der Waals surface area contributed by atoms with Crippen molar-refractivity contribution in [3.8, 4) is 5.75 Å². The maximum absolute atomic E-state index is 12.3. The van der Waals surface area contributed by atoms with E-state index >= 15 is 0 Å². The van der Waals surface area contributed by atoms with E-state index in [1.807, 2.05) is 30.3 Å². The molecule has 0 aliphatic carbocycles. The highest BCUT2D eigenvalue weighted by Gasteiger charge is 2.21. The minimum absolute atomic E-state index is 0.0434. The number of nitrogens with two attached hydrogens (primary N) is 1. The van der Waals surface area contributed by atoms with Crippen molar-refractivity contribution in [2.45, 2.75) is 19.4 Å². The fourth-order valence-electron chi connectivity index (χ4n) is 2.49. The van der Waals surface area contributed by atoms with Crippen LogP contribution in [0.1, 0.15) is 22.8 Å². The Balaban J connectivity index is 1.98. The Morgan fingerprint density at radius 3 is 2.46 bits per heavy atom. The maximum atomic E-state index is 12.3. The van der Waals surface area contributed by atoms with Crippen LogP contribution in [0.4, 0.5) is 5.69 Å². The molecule has 0 aliphatic rings. The third kappa shape index (κ3) is 5.72. The van der Waals surface area contributed by atoms with Gasteiger partial charge in [0.1, 0.15) is 11.3 Å². The van der Waals surface area contributed by atoms with Gasteiger partial charge in [0.15, 0.2) is 12.4 Å². The number of carbonyl (C=O) groups excluding carboxylic acids is 3. The molecular formula is C20H21ClN2O5. The number of carbonyl (C=O) groups is 3. The van der Waals surface area contributed by atoms with Crippen LogP contribution in [0.3, 0.4) is 0 Å². The zero-order valence-electron chi connectivity index (χ0n) is 15.5. The lowest BCUT2D eigenvalue weighted by Gasteiger charge is -2.16. The summed E-state index contributed by atoms with van der Waals surface area (Å²) in [6.45, 7) is 0.837. The van der Waals surface area contributed by atoms with Crippen LogP contribution in [0, 0.1) is 0 Å². The number of hydrogen-bond donors (Lipinski definition) is 2. The third-order valence-electron chi connectivity index (χ3n) is 3.98. The van der Waals surface area contributed by atoms with Crippen molar-refractivity contribution in [2.24, 2.45) is 0 Å². The predicted octanol–water partition coefficient (Wildman–Crippen LogP) is 2.40. The summed E-state index contributed by atoms with van der Waals surface area (Å²) in [4.78, 5) is 36.2. The number of benzene rings is 2. The number of nitrogen functional groups attached to an aromatic ring is 1. The topological polar surface area (TPSA) is 108 Å². The molecule has 0 spiro atoms. The van der Waals surface area contributed by atoms with Gasteiger partial charge >= 0.3 is 5.97 Å². The van der Waals surface area contributed by atoms with E-state index in [0.717, 1.165) is 5.56 Å². The number of ether oxygens (including phenoxy) is 2. The number of ketones is 1. The molecule has 7 nitrogen and oxygen atoms in total. The highest BCUT2D eigenvalue weighted by Crippen LogP contribution is 2.29. The average molecular weight is 405 g/mol. The van der Waals surface area contributed by atoms with Crippen molar-refractivity contribution in [2.75, 3.05) is 19.5 Å². The van der Waals surface area contributed by atoms with Crippen LogP contribution in [-0.2, 0) is 20.7 Å². The van der Waals surface area contributed by atoms with E-state index < -0.39 is 24.5 Å². The van der Waals surface area contributed by atoms with E-state index in [0.29, 0.717) is 6.42 Å². The van der Waals surface area contributed by atoms with Gasteiger partial charge in [0.25, 0.3) is 5.91 Å². The number of Topliss-reactive ketones (excluding diaryl/α,β-unsaturated/α-hetero) is 1. The summed E-state index contributed by atoms with van der Waals surface area (Å²) in [6.07, 6.45) is 0.344. The predicted molar refractivity (Wildman–Crippen MR) is 105 cm³/mol. The lowest BCUT2D eigenvalue weighted by molar-refractivity contribution is -0.128. The Morgan fingerprint density at radius 1 is 1.18 bits per heavy atom. The van der Waals surface area contributed by atoms with Gasteiger partial charge in [-0.3, -0.25) is 9.59 Å². The van der Waals surface area contributed by atoms with Crippen molar-refractivity contribution in [3.63, 3.8) is 0 Å². The smallest absolute Gasteiger partial charge is 0.342 e. The van der Waals surface area contributed by atoms with E-state index in [1.165, 1.54) is 26.2 Å². The van der Waals surface area contributed by atoms with Crippen molar-refractivity contribution in [3.05, 3.63) is 58.6 Å². The van der Waals surface area contributed by atoms with Gasteiger partial charge in [-0.2, -0.15) is 0 Å². The molecule has 28 heavy (non-hydrogen) atoms. The number of nitrogens with one attached hydrogen (secondary N) is 1. The summed E-state index contributed by atoms with van der Waals surface area (Å²) in [7, 11) is 1.37. The summed E-state index contributed by atoms with van der Waals surface area (Å²) < 4.78 is 10.1. The number of anilines is 1. The Labute approximate surface area is 167 Å². The Hall–Kier alpha value is -3.06. The van der Waals surface area contributed by atoms with Crippen molar-refractivity contribution in [1.82, 2.24) is 5.32 Å². The van der Waals surface area contributed by atoms with Gasteiger partial charge in [-0.15, -0.1) is 0 Å². The number of rotatable bonds is 8. The fraction of sp³-hybridized carbons (Fsp3) is 0.250. The number of halogens is 1. The molecule has 0 radical (unpaired) electrons. The lowest BCUT2D eigenvalue weighted by Crippen LogP contribution is -2.43. The van der Waals surface area contributed by atoms with E-state index in [2.05, 4.69) is 5.32 Å². The van der Waals surface area contributed by atoms with Crippen LogP contribution in [-0.4, -0.2) is 37.4 Å². The molecule has 1 atom stereocenters. The number of esters is 1. The van der Waals surface area contributed by atoms with Gasteiger partial charge in [-0.25, -0.2) is 4.79 Å². The van der Waals surface area contributed by atoms with Gasteiger partial charge < -0.3 is 20.5 Å². The quantitative estimate of drug-likeness (QED) is 0.516. The Kier molecular flexibility index (Phi) is 7.40. The highest BCUT2D eigenvalue weighted by molar-refractivity contribution is 6.33. The molecule has 0 saturated carbocycles. The van der Waals surface area contributed by atoms with Gasteiger partial charge in [0.05, 0.1) is 23.9 Å². The molecule has 148 valence electrons. The Morgan fingerprint density at radius 2 is 1.86 bits per heavy atom. The van der Waals surface area contributed by atoms with Crippen LogP contribution in [0.2, 0.25) is 5.02 Å². The second-order valence-electron chi connectivity index (χ2n) is 6.07. The van der Waals surface area contributed by atoms with Crippen molar-refractivity contribution < 1.29 is 23.9 Å².